The summed E-state index contributed by atoms with van der Waals surface area (Å²) in [7, 11) is -1.47. The Morgan fingerprint density at radius 3 is 2.63 bits per heavy atom. The van der Waals surface area contributed by atoms with Crippen LogP contribution in [0.3, 0.4) is 0 Å². The number of halogens is 2. The largest absolute Gasteiger partial charge is 0.586 e. The molecule has 1 aliphatic heterocycles. The minimum Gasteiger partial charge on any atom is -0.395 e. The summed E-state index contributed by atoms with van der Waals surface area (Å²) in [6.07, 6.45) is -2.42. The van der Waals surface area contributed by atoms with Crippen LogP contribution in [0.15, 0.2) is 22.6 Å². The van der Waals surface area contributed by atoms with Crippen LogP contribution in [0.25, 0.3) is 0 Å². The number of hydrogen-bond donors (Lipinski definition) is 0. The van der Waals surface area contributed by atoms with Crippen LogP contribution in [0.1, 0.15) is 26.3 Å². The molecule has 1 aromatic rings. The van der Waals surface area contributed by atoms with Crippen LogP contribution >= 0.6 is 0 Å². The summed E-state index contributed by atoms with van der Waals surface area (Å²) < 4.78 is 49.7. The van der Waals surface area contributed by atoms with Crippen molar-refractivity contribution < 1.29 is 22.5 Å². The lowest BCUT2D eigenvalue weighted by Crippen LogP contribution is -2.26. The molecule has 0 aromatic heterocycles. The van der Waals surface area contributed by atoms with Gasteiger partial charge in [-0.15, -0.1) is 8.78 Å². The van der Waals surface area contributed by atoms with Crippen molar-refractivity contribution in [2.24, 2.45) is 4.40 Å². The van der Waals surface area contributed by atoms with E-state index in [0.717, 1.165) is 0 Å². The molecule has 0 saturated carbocycles. The van der Waals surface area contributed by atoms with Crippen molar-refractivity contribution in [1.29, 1.82) is 0 Å². The third-order valence-electron chi connectivity index (χ3n) is 2.27. The van der Waals surface area contributed by atoms with Crippen molar-refractivity contribution in [1.82, 2.24) is 0 Å². The average molecular weight is 289 g/mol. The SMILES string of the molecule is CC(C)(C)[S@@](=O)/N=C/c1cccc2c1OC(F)(F)O2. The van der Waals surface area contributed by atoms with E-state index in [1.54, 1.807) is 20.8 Å². The van der Waals surface area contributed by atoms with E-state index >= 15 is 0 Å². The third kappa shape index (κ3) is 3.09. The third-order valence-corrected chi connectivity index (χ3v) is 3.62. The maximum Gasteiger partial charge on any atom is 0.586 e. The van der Waals surface area contributed by atoms with E-state index in [9.17, 15) is 13.0 Å². The maximum absolute atomic E-state index is 13.0. The number of hydrogen-bond acceptors (Lipinski definition) is 3. The molecule has 1 aromatic carbocycles. The molecule has 4 nitrogen and oxygen atoms in total. The van der Waals surface area contributed by atoms with Crippen LogP contribution in [0.5, 0.6) is 11.5 Å². The van der Waals surface area contributed by atoms with Gasteiger partial charge in [-0.1, -0.05) is 6.07 Å². The van der Waals surface area contributed by atoms with E-state index in [0.29, 0.717) is 5.56 Å². The minimum atomic E-state index is -3.67. The topological polar surface area (TPSA) is 47.9 Å². The highest BCUT2D eigenvalue weighted by Gasteiger charge is 2.44. The molecule has 1 aliphatic rings. The summed E-state index contributed by atoms with van der Waals surface area (Å²) in [6.45, 7) is 5.30. The fourth-order valence-electron chi connectivity index (χ4n) is 1.35. The molecule has 0 saturated heterocycles. The summed E-state index contributed by atoms with van der Waals surface area (Å²) in [5.41, 5.74) is 0.298. The molecule has 0 bridgehead atoms. The van der Waals surface area contributed by atoms with Gasteiger partial charge in [0.05, 0.1) is 4.75 Å². The number of fused-ring (bicyclic) bond motifs is 1. The van der Waals surface area contributed by atoms with Gasteiger partial charge in [0.2, 0.25) is 0 Å². The van der Waals surface area contributed by atoms with Crippen molar-refractivity contribution >= 4 is 17.2 Å². The van der Waals surface area contributed by atoms with E-state index in [4.69, 9.17) is 0 Å². The summed E-state index contributed by atoms with van der Waals surface area (Å²) in [5.74, 6) is -0.155. The quantitative estimate of drug-likeness (QED) is 0.787. The Labute approximate surface area is 112 Å². The molecular formula is C12H13F2NO3S. The van der Waals surface area contributed by atoms with Gasteiger partial charge in [-0.3, -0.25) is 0 Å². The molecule has 0 fully saturated rings. The van der Waals surface area contributed by atoms with Crippen LogP contribution in [0.4, 0.5) is 8.78 Å². The molecule has 0 aliphatic carbocycles. The van der Waals surface area contributed by atoms with Gasteiger partial charge in [-0.05, 0) is 32.9 Å². The molecule has 19 heavy (non-hydrogen) atoms. The second kappa shape index (κ2) is 4.56. The van der Waals surface area contributed by atoms with E-state index in [2.05, 4.69) is 13.9 Å². The van der Waals surface area contributed by atoms with Gasteiger partial charge in [0.25, 0.3) is 0 Å². The summed E-state index contributed by atoms with van der Waals surface area (Å²) in [6, 6.07) is 4.44. The molecule has 0 unspecified atom stereocenters. The molecule has 0 spiro atoms. The normalized spacial score (nSPS) is 18.8. The summed E-state index contributed by atoms with van der Waals surface area (Å²) in [4.78, 5) is 0. The summed E-state index contributed by atoms with van der Waals surface area (Å²) >= 11 is 0. The van der Waals surface area contributed by atoms with E-state index in [1.807, 2.05) is 0 Å². The lowest BCUT2D eigenvalue weighted by molar-refractivity contribution is -0.286. The molecule has 2 rings (SSSR count). The van der Waals surface area contributed by atoms with Gasteiger partial charge >= 0.3 is 6.29 Å². The Balaban J connectivity index is 2.28. The number of rotatable bonds is 2. The molecule has 1 heterocycles. The van der Waals surface area contributed by atoms with Crippen LogP contribution in [0, 0.1) is 0 Å². The number of ether oxygens (including phenoxy) is 2. The maximum atomic E-state index is 13.0. The van der Waals surface area contributed by atoms with Crippen molar-refractivity contribution in [3.8, 4) is 11.5 Å². The van der Waals surface area contributed by atoms with Gasteiger partial charge < -0.3 is 9.47 Å². The highest BCUT2D eigenvalue weighted by Crippen LogP contribution is 2.42. The molecule has 0 amide bonds. The predicted octanol–water partition coefficient (Wildman–Crippen LogP) is 2.89. The lowest BCUT2D eigenvalue weighted by atomic mass is 10.2. The first-order valence-corrected chi connectivity index (χ1v) is 6.65. The van der Waals surface area contributed by atoms with Crippen LogP contribution in [0.2, 0.25) is 0 Å². The van der Waals surface area contributed by atoms with Crippen molar-refractivity contribution in [2.75, 3.05) is 0 Å². The van der Waals surface area contributed by atoms with Crippen molar-refractivity contribution in [3.05, 3.63) is 23.8 Å². The second-order valence-corrected chi connectivity index (χ2v) is 6.87. The number of nitrogens with zero attached hydrogens (tertiary/aromatic N) is 1. The first-order valence-electron chi connectivity index (χ1n) is 5.54. The zero-order chi connectivity index (χ0) is 14.3. The van der Waals surface area contributed by atoms with Crippen LogP contribution in [-0.2, 0) is 11.0 Å². The van der Waals surface area contributed by atoms with Crippen LogP contribution in [-0.4, -0.2) is 21.5 Å². The zero-order valence-electron chi connectivity index (χ0n) is 10.6. The number of para-hydroxylation sites is 1. The summed E-state index contributed by atoms with van der Waals surface area (Å²) in [5, 5.41) is 0. The van der Waals surface area contributed by atoms with Gasteiger partial charge in [0, 0.05) is 11.8 Å². The molecule has 104 valence electrons. The lowest BCUT2D eigenvalue weighted by Gasteiger charge is -2.12. The first-order chi connectivity index (χ1) is 8.69. The number of benzene rings is 1. The molecule has 1 atom stereocenters. The predicted molar refractivity (Wildman–Crippen MR) is 68.1 cm³/mol. The monoisotopic (exact) mass is 289 g/mol. The van der Waals surface area contributed by atoms with Crippen molar-refractivity contribution in [2.45, 2.75) is 31.8 Å². The highest BCUT2D eigenvalue weighted by molar-refractivity contribution is 7.85. The average Bonchev–Trinajstić information content (AvgIpc) is 2.58. The molecular weight excluding hydrogens is 276 g/mol. The highest BCUT2D eigenvalue weighted by atomic mass is 32.2. The van der Waals surface area contributed by atoms with Gasteiger partial charge in [0.1, 0.15) is 11.0 Å². The Morgan fingerprint density at radius 2 is 2.00 bits per heavy atom. The Kier molecular flexibility index (Phi) is 3.34. The number of alkyl halides is 2. The standard InChI is InChI=1S/C12H13F2NO3S/c1-11(2,3)19(16)15-7-8-5-4-6-9-10(8)18-12(13,14)17-9/h4-7H,1-3H3/b15-7+/t19-/m1/s1. The van der Waals surface area contributed by atoms with Crippen LogP contribution < -0.4 is 9.47 Å². The zero-order valence-corrected chi connectivity index (χ0v) is 11.5. The van der Waals surface area contributed by atoms with E-state index in [1.165, 1.54) is 24.4 Å². The second-order valence-electron chi connectivity index (χ2n) is 4.94. The van der Waals surface area contributed by atoms with Gasteiger partial charge in [0.15, 0.2) is 11.5 Å². The Bertz CT molecular complexity index is 552. The fraction of sp³-hybridized carbons (Fsp3) is 0.417. The Morgan fingerprint density at radius 1 is 1.32 bits per heavy atom. The first kappa shape index (κ1) is 13.9. The molecule has 7 heteroatoms. The smallest absolute Gasteiger partial charge is 0.395 e. The molecule has 0 N–H and O–H groups in total. The van der Waals surface area contributed by atoms with Gasteiger partial charge in [-0.25, -0.2) is 4.21 Å². The minimum absolute atomic E-state index is 0.0597. The van der Waals surface area contributed by atoms with Crippen molar-refractivity contribution in [3.63, 3.8) is 0 Å². The van der Waals surface area contributed by atoms with E-state index < -0.39 is 22.0 Å². The van der Waals surface area contributed by atoms with Gasteiger partial charge in [-0.2, -0.15) is 4.40 Å². The Hall–Kier alpha value is -1.50. The fourth-order valence-corrected chi connectivity index (χ4v) is 1.88. The molecule has 0 radical (unpaired) electrons. The van der Waals surface area contributed by atoms with E-state index in [-0.39, 0.29) is 11.5 Å².